The SMILES string of the molecule is CNc1nc(C)nnc1-c1ccc(F)c(F)c1. The van der Waals surface area contributed by atoms with E-state index in [9.17, 15) is 8.78 Å². The van der Waals surface area contributed by atoms with Crippen molar-refractivity contribution in [3.05, 3.63) is 35.7 Å². The summed E-state index contributed by atoms with van der Waals surface area (Å²) in [4.78, 5) is 4.12. The van der Waals surface area contributed by atoms with Crippen molar-refractivity contribution in [3.63, 3.8) is 0 Å². The fourth-order valence-corrected chi connectivity index (χ4v) is 1.42. The number of nitrogens with zero attached hydrogens (tertiary/aromatic N) is 3. The monoisotopic (exact) mass is 236 g/mol. The molecule has 1 heterocycles. The third kappa shape index (κ3) is 2.20. The van der Waals surface area contributed by atoms with Crippen molar-refractivity contribution in [2.45, 2.75) is 6.92 Å². The molecule has 0 amide bonds. The molecule has 0 aliphatic rings. The Hall–Kier alpha value is -2.11. The van der Waals surface area contributed by atoms with Crippen LogP contribution in [0.25, 0.3) is 11.3 Å². The molecule has 17 heavy (non-hydrogen) atoms. The van der Waals surface area contributed by atoms with Crippen LogP contribution in [0.2, 0.25) is 0 Å². The van der Waals surface area contributed by atoms with E-state index in [2.05, 4.69) is 20.5 Å². The first-order chi connectivity index (χ1) is 8.11. The maximum absolute atomic E-state index is 13.1. The molecule has 0 radical (unpaired) electrons. The van der Waals surface area contributed by atoms with Crippen molar-refractivity contribution in [2.24, 2.45) is 0 Å². The van der Waals surface area contributed by atoms with Gasteiger partial charge in [-0.15, -0.1) is 10.2 Å². The van der Waals surface area contributed by atoms with E-state index in [1.807, 2.05) is 0 Å². The summed E-state index contributed by atoms with van der Waals surface area (Å²) in [5, 5.41) is 10.6. The van der Waals surface area contributed by atoms with E-state index in [-0.39, 0.29) is 0 Å². The van der Waals surface area contributed by atoms with Gasteiger partial charge in [-0.3, -0.25) is 0 Å². The van der Waals surface area contributed by atoms with Crippen LogP contribution in [0.3, 0.4) is 0 Å². The summed E-state index contributed by atoms with van der Waals surface area (Å²) in [6, 6.07) is 3.54. The van der Waals surface area contributed by atoms with Gasteiger partial charge in [-0.2, -0.15) is 0 Å². The molecule has 0 fully saturated rings. The highest BCUT2D eigenvalue weighted by Crippen LogP contribution is 2.24. The van der Waals surface area contributed by atoms with E-state index in [0.29, 0.717) is 22.9 Å². The van der Waals surface area contributed by atoms with Gasteiger partial charge in [0.1, 0.15) is 11.5 Å². The Bertz CT molecular complexity index is 557. The molecule has 0 saturated carbocycles. The third-order valence-corrected chi connectivity index (χ3v) is 2.22. The van der Waals surface area contributed by atoms with Crippen LogP contribution < -0.4 is 5.32 Å². The Balaban J connectivity index is 2.55. The fraction of sp³-hybridized carbons (Fsp3) is 0.182. The minimum Gasteiger partial charge on any atom is -0.371 e. The molecule has 0 atom stereocenters. The number of aryl methyl sites for hydroxylation is 1. The van der Waals surface area contributed by atoms with E-state index in [4.69, 9.17) is 0 Å². The van der Waals surface area contributed by atoms with Crippen LogP contribution in [0.1, 0.15) is 5.82 Å². The largest absolute Gasteiger partial charge is 0.371 e. The predicted molar refractivity (Wildman–Crippen MR) is 59.5 cm³/mol. The molecular weight excluding hydrogens is 226 g/mol. The minimum atomic E-state index is -0.924. The lowest BCUT2D eigenvalue weighted by Gasteiger charge is -2.07. The highest BCUT2D eigenvalue weighted by Gasteiger charge is 2.11. The number of halogens is 2. The highest BCUT2D eigenvalue weighted by atomic mass is 19.2. The van der Waals surface area contributed by atoms with Gasteiger partial charge in [0, 0.05) is 12.6 Å². The number of hydrogen-bond donors (Lipinski definition) is 1. The van der Waals surface area contributed by atoms with Gasteiger partial charge in [-0.1, -0.05) is 0 Å². The van der Waals surface area contributed by atoms with Crippen LogP contribution in [0, 0.1) is 18.6 Å². The smallest absolute Gasteiger partial charge is 0.159 e. The molecule has 2 aromatic rings. The Kier molecular flexibility index (Phi) is 2.95. The summed E-state index contributed by atoms with van der Waals surface area (Å²) in [7, 11) is 1.67. The Morgan fingerprint density at radius 2 is 1.88 bits per heavy atom. The summed E-state index contributed by atoms with van der Waals surface area (Å²) in [5.41, 5.74) is 0.810. The minimum absolute atomic E-state index is 0.386. The van der Waals surface area contributed by atoms with Crippen molar-refractivity contribution in [2.75, 3.05) is 12.4 Å². The van der Waals surface area contributed by atoms with Crippen molar-refractivity contribution in [1.29, 1.82) is 0 Å². The van der Waals surface area contributed by atoms with Gasteiger partial charge >= 0.3 is 0 Å². The maximum atomic E-state index is 13.1. The predicted octanol–water partition coefficient (Wildman–Crippen LogP) is 2.17. The molecule has 88 valence electrons. The van der Waals surface area contributed by atoms with Crippen LogP contribution in [0.15, 0.2) is 18.2 Å². The molecule has 1 aromatic carbocycles. The number of benzene rings is 1. The van der Waals surface area contributed by atoms with Crippen molar-refractivity contribution in [1.82, 2.24) is 15.2 Å². The van der Waals surface area contributed by atoms with Crippen LogP contribution in [-0.2, 0) is 0 Å². The second-order valence-corrected chi connectivity index (χ2v) is 3.44. The molecular formula is C11H10F2N4. The Morgan fingerprint density at radius 1 is 1.12 bits per heavy atom. The van der Waals surface area contributed by atoms with Gasteiger partial charge in [0.2, 0.25) is 0 Å². The van der Waals surface area contributed by atoms with Gasteiger partial charge < -0.3 is 5.32 Å². The lowest BCUT2D eigenvalue weighted by atomic mass is 10.1. The fourth-order valence-electron chi connectivity index (χ4n) is 1.42. The first-order valence-corrected chi connectivity index (χ1v) is 4.96. The Morgan fingerprint density at radius 3 is 2.53 bits per heavy atom. The third-order valence-electron chi connectivity index (χ3n) is 2.22. The van der Waals surface area contributed by atoms with Crippen molar-refractivity contribution < 1.29 is 8.78 Å². The molecule has 2 rings (SSSR count). The molecule has 4 nitrogen and oxygen atoms in total. The number of rotatable bonds is 2. The van der Waals surface area contributed by atoms with E-state index in [0.717, 1.165) is 12.1 Å². The van der Waals surface area contributed by atoms with E-state index < -0.39 is 11.6 Å². The zero-order valence-corrected chi connectivity index (χ0v) is 9.33. The second-order valence-electron chi connectivity index (χ2n) is 3.44. The summed E-state index contributed by atoms with van der Waals surface area (Å²) in [6.07, 6.45) is 0. The Labute approximate surface area is 96.7 Å². The topological polar surface area (TPSA) is 50.7 Å². The van der Waals surface area contributed by atoms with Crippen molar-refractivity contribution >= 4 is 5.82 Å². The zero-order valence-electron chi connectivity index (χ0n) is 9.33. The van der Waals surface area contributed by atoms with Gasteiger partial charge in [0.25, 0.3) is 0 Å². The molecule has 1 aromatic heterocycles. The number of anilines is 1. The molecule has 6 heteroatoms. The molecule has 0 spiro atoms. The van der Waals surface area contributed by atoms with E-state index >= 15 is 0 Å². The number of aromatic nitrogens is 3. The number of nitrogens with one attached hydrogen (secondary N) is 1. The van der Waals surface area contributed by atoms with E-state index in [1.54, 1.807) is 14.0 Å². The van der Waals surface area contributed by atoms with Gasteiger partial charge in [0.15, 0.2) is 17.5 Å². The summed E-state index contributed by atoms with van der Waals surface area (Å²) >= 11 is 0. The normalized spacial score (nSPS) is 10.4. The molecule has 0 aliphatic carbocycles. The van der Waals surface area contributed by atoms with Crippen LogP contribution in [-0.4, -0.2) is 22.2 Å². The highest BCUT2D eigenvalue weighted by molar-refractivity contribution is 5.70. The maximum Gasteiger partial charge on any atom is 0.159 e. The molecule has 0 saturated heterocycles. The second kappa shape index (κ2) is 4.40. The average Bonchev–Trinajstić information content (AvgIpc) is 2.32. The molecule has 0 aliphatic heterocycles. The van der Waals surface area contributed by atoms with Crippen LogP contribution >= 0.6 is 0 Å². The first-order valence-electron chi connectivity index (χ1n) is 4.96. The molecule has 0 bridgehead atoms. The standard InChI is InChI=1S/C11H10F2N4/c1-6-15-11(14-2)10(17-16-6)7-3-4-8(12)9(13)5-7/h3-5H,1-2H3,(H,14,15,16). The summed E-state index contributed by atoms with van der Waals surface area (Å²) < 4.78 is 25.9. The van der Waals surface area contributed by atoms with Crippen LogP contribution in [0.5, 0.6) is 0 Å². The lowest BCUT2D eigenvalue weighted by Crippen LogP contribution is -2.03. The quantitative estimate of drug-likeness (QED) is 0.868. The summed E-state index contributed by atoms with van der Waals surface area (Å²) in [5.74, 6) is -0.844. The van der Waals surface area contributed by atoms with E-state index in [1.165, 1.54) is 6.07 Å². The van der Waals surface area contributed by atoms with Gasteiger partial charge in [-0.05, 0) is 25.1 Å². The number of hydrogen-bond acceptors (Lipinski definition) is 4. The van der Waals surface area contributed by atoms with Crippen molar-refractivity contribution in [3.8, 4) is 11.3 Å². The summed E-state index contributed by atoms with van der Waals surface area (Å²) in [6.45, 7) is 1.70. The van der Waals surface area contributed by atoms with Gasteiger partial charge in [0.05, 0.1) is 0 Å². The zero-order chi connectivity index (χ0) is 12.4. The lowest BCUT2D eigenvalue weighted by molar-refractivity contribution is 0.509. The van der Waals surface area contributed by atoms with Gasteiger partial charge in [-0.25, -0.2) is 13.8 Å². The van der Waals surface area contributed by atoms with Crippen LogP contribution in [0.4, 0.5) is 14.6 Å². The first kappa shape index (κ1) is 11.4. The average molecular weight is 236 g/mol. The molecule has 0 unspecified atom stereocenters. The molecule has 1 N–H and O–H groups in total.